The van der Waals surface area contributed by atoms with Gasteiger partial charge in [-0.3, -0.25) is 4.79 Å². The monoisotopic (exact) mass is 297 g/mol. The van der Waals surface area contributed by atoms with E-state index in [0.29, 0.717) is 11.3 Å². The number of nitrogens with two attached hydrogens (primary N) is 1. The number of nitrogens with zero attached hydrogens (tertiary/aromatic N) is 1. The first-order chi connectivity index (χ1) is 10.6. The normalized spacial score (nSPS) is 10.9. The average molecular weight is 297 g/mol. The minimum Gasteiger partial charge on any atom is -0.491 e. The number of hydrogen-bond acceptors (Lipinski definition) is 4. The number of para-hydroxylation sites is 1. The lowest BCUT2D eigenvalue weighted by Gasteiger charge is -2.09. The summed E-state index contributed by atoms with van der Waals surface area (Å²) in [5.41, 5.74) is 9.85. The lowest BCUT2D eigenvalue weighted by Crippen LogP contribution is -2.19. The number of carbonyl (C=O) groups excluding carboxylic acids is 1. The number of rotatable bonds is 5. The van der Waals surface area contributed by atoms with E-state index in [0.717, 1.165) is 11.3 Å². The predicted octanol–water partition coefficient (Wildman–Crippen LogP) is 2.82. The summed E-state index contributed by atoms with van der Waals surface area (Å²) in [6, 6.07) is 14.3. The Bertz CT molecular complexity index is 681. The van der Waals surface area contributed by atoms with Gasteiger partial charge in [0.2, 0.25) is 0 Å². The number of ether oxygens (including phenoxy) is 1. The van der Waals surface area contributed by atoms with E-state index in [1.807, 2.05) is 38.1 Å². The fourth-order valence-electron chi connectivity index (χ4n) is 1.87. The van der Waals surface area contributed by atoms with E-state index in [-0.39, 0.29) is 12.0 Å². The molecule has 0 spiro atoms. The number of carbonyl (C=O) groups is 1. The number of anilines is 1. The van der Waals surface area contributed by atoms with Gasteiger partial charge in [0.05, 0.1) is 17.9 Å². The highest BCUT2D eigenvalue weighted by Gasteiger charge is 2.06. The van der Waals surface area contributed by atoms with Crippen LogP contribution in [-0.2, 0) is 0 Å². The first-order valence-electron chi connectivity index (χ1n) is 7.01. The molecule has 0 saturated heterocycles. The van der Waals surface area contributed by atoms with Gasteiger partial charge in [0, 0.05) is 5.69 Å². The Morgan fingerprint density at radius 1 is 1.23 bits per heavy atom. The van der Waals surface area contributed by atoms with Crippen molar-refractivity contribution in [1.82, 2.24) is 5.43 Å². The van der Waals surface area contributed by atoms with Crippen molar-refractivity contribution in [3.63, 3.8) is 0 Å². The van der Waals surface area contributed by atoms with Crippen LogP contribution in [0.5, 0.6) is 5.75 Å². The van der Waals surface area contributed by atoms with Gasteiger partial charge in [-0.05, 0) is 43.7 Å². The quantitative estimate of drug-likeness (QED) is 0.506. The molecule has 0 saturated carbocycles. The molecule has 5 heteroatoms. The van der Waals surface area contributed by atoms with Crippen molar-refractivity contribution >= 4 is 17.8 Å². The van der Waals surface area contributed by atoms with Crippen LogP contribution in [0, 0.1) is 0 Å². The molecule has 0 aromatic heterocycles. The summed E-state index contributed by atoms with van der Waals surface area (Å²) in [5.74, 6) is 0.418. The molecular formula is C17H19N3O2. The number of hydrazone groups is 1. The standard InChI is InChI=1S/C17H19N3O2/c1-12(2)22-14-7-5-6-13(10-14)11-19-20-17(21)15-8-3-4-9-16(15)18/h3-12H,18H2,1-2H3,(H,20,21)/b19-11-. The van der Waals surface area contributed by atoms with E-state index in [1.54, 1.807) is 30.5 Å². The van der Waals surface area contributed by atoms with Gasteiger partial charge in [0.1, 0.15) is 5.75 Å². The summed E-state index contributed by atoms with van der Waals surface area (Å²) in [6.07, 6.45) is 1.66. The molecule has 0 aliphatic carbocycles. The van der Waals surface area contributed by atoms with Crippen LogP contribution >= 0.6 is 0 Å². The summed E-state index contributed by atoms with van der Waals surface area (Å²) in [6.45, 7) is 3.93. The van der Waals surface area contributed by atoms with Gasteiger partial charge < -0.3 is 10.5 Å². The molecule has 1 amide bonds. The molecule has 114 valence electrons. The number of benzene rings is 2. The van der Waals surface area contributed by atoms with Crippen LogP contribution < -0.4 is 15.9 Å². The van der Waals surface area contributed by atoms with Crippen LogP contribution in [0.3, 0.4) is 0 Å². The number of amides is 1. The van der Waals surface area contributed by atoms with Crippen LogP contribution in [0.1, 0.15) is 29.8 Å². The molecule has 0 fully saturated rings. The molecule has 2 rings (SSSR count). The third kappa shape index (κ3) is 4.34. The maximum absolute atomic E-state index is 11.9. The second kappa shape index (κ2) is 7.26. The molecule has 2 aromatic rings. The number of nitrogens with one attached hydrogen (secondary N) is 1. The SMILES string of the molecule is CC(C)Oc1cccc(/C=N\NC(=O)c2ccccc2N)c1. The molecule has 0 aliphatic rings. The molecule has 2 aromatic carbocycles. The van der Waals surface area contributed by atoms with Crippen molar-refractivity contribution in [2.45, 2.75) is 20.0 Å². The Kier molecular flexibility index (Phi) is 5.14. The summed E-state index contributed by atoms with van der Waals surface area (Å²) in [4.78, 5) is 11.9. The van der Waals surface area contributed by atoms with Gasteiger partial charge in [0.15, 0.2) is 0 Å². The molecule has 0 radical (unpaired) electrons. The molecule has 0 unspecified atom stereocenters. The molecule has 22 heavy (non-hydrogen) atoms. The molecule has 5 nitrogen and oxygen atoms in total. The van der Waals surface area contributed by atoms with Crippen molar-refractivity contribution in [2.75, 3.05) is 5.73 Å². The number of nitrogen functional groups attached to an aromatic ring is 1. The molecule has 0 heterocycles. The lowest BCUT2D eigenvalue weighted by atomic mass is 10.2. The van der Waals surface area contributed by atoms with Gasteiger partial charge in [-0.25, -0.2) is 5.43 Å². The van der Waals surface area contributed by atoms with Crippen LogP contribution in [0.15, 0.2) is 53.6 Å². The van der Waals surface area contributed by atoms with E-state index < -0.39 is 0 Å². The maximum atomic E-state index is 11.9. The van der Waals surface area contributed by atoms with Crippen LogP contribution in [0.25, 0.3) is 0 Å². The second-order valence-electron chi connectivity index (χ2n) is 5.03. The Morgan fingerprint density at radius 2 is 2.00 bits per heavy atom. The Hall–Kier alpha value is -2.82. The zero-order valence-electron chi connectivity index (χ0n) is 12.6. The van der Waals surface area contributed by atoms with Crippen molar-refractivity contribution in [3.8, 4) is 5.75 Å². The zero-order valence-corrected chi connectivity index (χ0v) is 12.6. The fourth-order valence-corrected chi connectivity index (χ4v) is 1.87. The number of hydrogen-bond donors (Lipinski definition) is 2. The maximum Gasteiger partial charge on any atom is 0.273 e. The summed E-state index contributed by atoms with van der Waals surface area (Å²) >= 11 is 0. The van der Waals surface area contributed by atoms with E-state index in [1.165, 1.54) is 0 Å². The summed E-state index contributed by atoms with van der Waals surface area (Å²) < 4.78 is 5.60. The van der Waals surface area contributed by atoms with Crippen molar-refractivity contribution < 1.29 is 9.53 Å². The van der Waals surface area contributed by atoms with Gasteiger partial charge in [0.25, 0.3) is 5.91 Å². The third-order valence-electron chi connectivity index (χ3n) is 2.82. The largest absolute Gasteiger partial charge is 0.491 e. The minimum atomic E-state index is -0.344. The first kappa shape index (κ1) is 15.6. The van der Waals surface area contributed by atoms with Crippen LogP contribution in [0.2, 0.25) is 0 Å². The highest BCUT2D eigenvalue weighted by atomic mass is 16.5. The van der Waals surface area contributed by atoms with Crippen molar-refractivity contribution in [2.24, 2.45) is 5.10 Å². The second-order valence-corrected chi connectivity index (χ2v) is 5.03. The van der Waals surface area contributed by atoms with E-state index in [4.69, 9.17) is 10.5 Å². The Labute approximate surface area is 129 Å². The average Bonchev–Trinajstić information content (AvgIpc) is 2.47. The molecule has 3 N–H and O–H groups in total. The van der Waals surface area contributed by atoms with E-state index in [9.17, 15) is 4.79 Å². The fraction of sp³-hybridized carbons (Fsp3) is 0.176. The van der Waals surface area contributed by atoms with Crippen molar-refractivity contribution in [1.29, 1.82) is 0 Å². The molecule has 0 bridgehead atoms. The first-order valence-corrected chi connectivity index (χ1v) is 7.01. The van der Waals surface area contributed by atoms with Crippen molar-refractivity contribution in [3.05, 3.63) is 59.7 Å². The van der Waals surface area contributed by atoms with Crippen LogP contribution in [-0.4, -0.2) is 18.2 Å². The minimum absolute atomic E-state index is 0.105. The van der Waals surface area contributed by atoms with Gasteiger partial charge in [-0.1, -0.05) is 24.3 Å². The highest BCUT2D eigenvalue weighted by Crippen LogP contribution is 2.14. The smallest absolute Gasteiger partial charge is 0.273 e. The zero-order chi connectivity index (χ0) is 15.9. The highest BCUT2D eigenvalue weighted by molar-refractivity contribution is 5.99. The Morgan fingerprint density at radius 3 is 2.73 bits per heavy atom. The van der Waals surface area contributed by atoms with Gasteiger partial charge >= 0.3 is 0 Å². The van der Waals surface area contributed by atoms with E-state index in [2.05, 4.69) is 10.5 Å². The predicted molar refractivity (Wildman–Crippen MR) is 88.1 cm³/mol. The van der Waals surface area contributed by atoms with E-state index >= 15 is 0 Å². The lowest BCUT2D eigenvalue weighted by molar-refractivity contribution is 0.0956. The van der Waals surface area contributed by atoms with Crippen LogP contribution in [0.4, 0.5) is 5.69 Å². The molecule has 0 atom stereocenters. The molecule has 0 aliphatic heterocycles. The summed E-state index contributed by atoms with van der Waals surface area (Å²) in [5, 5.41) is 3.94. The van der Waals surface area contributed by atoms with Gasteiger partial charge in [-0.2, -0.15) is 5.10 Å². The topological polar surface area (TPSA) is 76.7 Å². The third-order valence-corrected chi connectivity index (χ3v) is 2.82. The summed E-state index contributed by atoms with van der Waals surface area (Å²) in [7, 11) is 0. The molecular weight excluding hydrogens is 278 g/mol. The Balaban J connectivity index is 2.01. The van der Waals surface area contributed by atoms with Gasteiger partial charge in [-0.15, -0.1) is 0 Å².